The highest BCUT2D eigenvalue weighted by Crippen LogP contribution is 2.37. The Morgan fingerprint density at radius 3 is 2.29 bits per heavy atom. The zero-order chi connectivity index (χ0) is 30.1. The highest BCUT2D eigenvalue weighted by Gasteiger charge is 2.51. The first-order valence-electron chi connectivity index (χ1n) is 14.8. The van der Waals surface area contributed by atoms with Gasteiger partial charge in [-0.2, -0.15) is 0 Å². The van der Waals surface area contributed by atoms with Gasteiger partial charge in [-0.25, -0.2) is 9.59 Å². The fourth-order valence-electron chi connectivity index (χ4n) is 5.96. The molecule has 3 amide bonds. The van der Waals surface area contributed by atoms with Crippen LogP contribution >= 0.6 is 0 Å². The minimum atomic E-state index is -0.784. The van der Waals surface area contributed by atoms with E-state index in [1.807, 2.05) is 60.7 Å². The smallest absolute Gasteiger partial charge is 0.329 e. The van der Waals surface area contributed by atoms with Gasteiger partial charge in [-0.3, -0.25) is 14.9 Å². The van der Waals surface area contributed by atoms with Gasteiger partial charge in [0.2, 0.25) is 5.91 Å². The SMILES string of the molecule is CCOC(=O)[C@H](CCc1ccccc1)N[C@H](C)C(=O)N1[C@@H]2CN(C(=O)NC)CC[C@@H]2C[C@H]1C(=O)OCc1ccccc1. The van der Waals surface area contributed by atoms with Crippen molar-refractivity contribution in [2.75, 3.05) is 26.7 Å². The van der Waals surface area contributed by atoms with E-state index in [1.165, 1.54) is 0 Å². The molecule has 2 aromatic rings. The molecule has 0 aliphatic carbocycles. The minimum absolute atomic E-state index is 0.0512. The Kier molecular flexibility index (Phi) is 10.9. The number of amides is 3. The molecule has 2 aromatic carbocycles. The second-order valence-corrected chi connectivity index (χ2v) is 10.9. The first-order chi connectivity index (χ1) is 20.3. The number of hydrogen-bond acceptors (Lipinski definition) is 7. The van der Waals surface area contributed by atoms with E-state index in [4.69, 9.17) is 9.47 Å². The summed E-state index contributed by atoms with van der Waals surface area (Å²) in [5, 5.41) is 5.86. The zero-order valence-corrected chi connectivity index (χ0v) is 24.7. The van der Waals surface area contributed by atoms with E-state index in [-0.39, 0.29) is 37.1 Å². The van der Waals surface area contributed by atoms with Crippen molar-refractivity contribution < 1.29 is 28.7 Å². The Bertz CT molecular complexity index is 1210. The fourth-order valence-corrected chi connectivity index (χ4v) is 5.96. The molecule has 0 spiro atoms. The quantitative estimate of drug-likeness (QED) is 0.394. The third-order valence-corrected chi connectivity index (χ3v) is 8.15. The number of hydrogen-bond donors (Lipinski definition) is 2. The molecule has 0 saturated carbocycles. The second-order valence-electron chi connectivity index (χ2n) is 10.9. The van der Waals surface area contributed by atoms with Crippen molar-refractivity contribution in [1.29, 1.82) is 0 Å². The van der Waals surface area contributed by atoms with Gasteiger partial charge in [0, 0.05) is 20.1 Å². The minimum Gasteiger partial charge on any atom is -0.465 e. The average molecular weight is 579 g/mol. The zero-order valence-electron chi connectivity index (χ0n) is 24.7. The number of aryl methyl sites for hydroxylation is 1. The molecular weight excluding hydrogens is 536 g/mol. The Labute approximate surface area is 247 Å². The molecule has 42 heavy (non-hydrogen) atoms. The van der Waals surface area contributed by atoms with Crippen LogP contribution in [0.4, 0.5) is 4.79 Å². The van der Waals surface area contributed by atoms with Gasteiger partial charge in [0.05, 0.1) is 18.7 Å². The third kappa shape index (κ3) is 7.67. The number of nitrogens with zero attached hydrogens (tertiary/aromatic N) is 2. The van der Waals surface area contributed by atoms with E-state index in [1.54, 1.807) is 30.7 Å². The van der Waals surface area contributed by atoms with E-state index in [9.17, 15) is 19.2 Å². The largest absolute Gasteiger partial charge is 0.465 e. The van der Waals surface area contributed by atoms with Gasteiger partial charge >= 0.3 is 18.0 Å². The summed E-state index contributed by atoms with van der Waals surface area (Å²) in [5.41, 5.74) is 1.93. The number of rotatable bonds is 11. The summed E-state index contributed by atoms with van der Waals surface area (Å²) in [6, 6.07) is 16.4. The summed E-state index contributed by atoms with van der Waals surface area (Å²) in [6.45, 7) is 4.66. The van der Waals surface area contributed by atoms with Crippen molar-refractivity contribution in [2.24, 2.45) is 5.92 Å². The number of benzene rings is 2. The maximum absolute atomic E-state index is 14.1. The van der Waals surface area contributed by atoms with Crippen LogP contribution in [0.15, 0.2) is 60.7 Å². The van der Waals surface area contributed by atoms with Gasteiger partial charge in [-0.05, 0) is 56.6 Å². The second kappa shape index (κ2) is 14.8. The number of nitrogens with one attached hydrogen (secondary N) is 2. The number of fused-ring (bicyclic) bond motifs is 1. The van der Waals surface area contributed by atoms with Crippen molar-refractivity contribution in [1.82, 2.24) is 20.4 Å². The van der Waals surface area contributed by atoms with E-state index in [0.29, 0.717) is 38.8 Å². The number of ether oxygens (including phenoxy) is 2. The van der Waals surface area contributed by atoms with Gasteiger partial charge in [0.1, 0.15) is 18.7 Å². The van der Waals surface area contributed by atoms with E-state index in [0.717, 1.165) is 11.1 Å². The molecule has 2 saturated heterocycles. The van der Waals surface area contributed by atoms with Crippen LogP contribution in [0.3, 0.4) is 0 Å². The summed E-state index contributed by atoms with van der Waals surface area (Å²) in [5.74, 6) is -1.15. The van der Waals surface area contributed by atoms with Crippen LogP contribution in [0.1, 0.15) is 44.2 Å². The van der Waals surface area contributed by atoms with Crippen LogP contribution in [0.5, 0.6) is 0 Å². The third-order valence-electron chi connectivity index (χ3n) is 8.15. The Morgan fingerprint density at radius 1 is 0.976 bits per heavy atom. The molecule has 2 N–H and O–H groups in total. The summed E-state index contributed by atoms with van der Waals surface area (Å²) in [6.07, 6.45) is 2.21. The predicted molar refractivity (Wildman–Crippen MR) is 157 cm³/mol. The van der Waals surface area contributed by atoms with Crippen molar-refractivity contribution in [3.63, 3.8) is 0 Å². The molecule has 2 fully saturated rings. The highest BCUT2D eigenvalue weighted by molar-refractivity contribution is 5.89. The summed E-state index contributed by atoms with van der Waals surface area (Å²) in [7, 11) is 1.58. The van der Waals surface area contributed by atoms with Crippen LogP contribution in [0.25, 0.3) is 0 Å². The standard InChI is InChI=1S/C32H42N4O6/c1-4-41-30(38)26(16-15-23-11-7-5-8-12-23)34-22(2)29(37)36-27(31(39)42-21-24-13-9-6-10-14-24)19-25-17-18-35(20-28(25)36)32(40)33-3/h5-14,22,25-28,34H,4,15-21H2,1-3H3,(H,33,40)/t22-,25-,26+,27+,28-/m1/s1. The molecule has 0 radical (unpaired) electrons. The number of carbonyl (C=O) groups is 4. The molecule has 2 aliphatic rings. The van der Waals surface area contributed by atoms with Crippen molar-refractivity contribution >= 4 is 23.9 Å². The number of likely N-dealkylation sites (tertiary alicyclic amines) is 2. The van der Waals surface area contributed by atoms with Crippen molar-refractivity contribution in [3.8, 4) is 0 Å². The number of urea groups is 1. The highest BCUT2D eigenvalue weighted by atomic mass is 16.5. The molecule has 10 heteroatoms. The number of esters is 2. The normalized spacial score (nSPS) is 21.2. The summed E-state index contributed by atoms with van der Waals surface area (Å²) < 4.78 is 11.0. The molecule has 2 heterocycles. The lowest BCUT2D eigenvalue weighted by atomic mass is 9.91. The molecule has 10 nitrogen and oxygen atoms in total. The molecular formula is C32H42N4O6. The molecule has 0 aromatic heterocycles. The molecule has 0 bridgehead atoms. The topological polar surface area (TPSA) is 117 Å². The Balaban J connectivity index is 1.51. The molecule has 4 rings (SSSR count). The van der Waals surface area contributed by atoms with Crippen LogP contribution in [0, 0.1) is 5.92 Å². The van der Waals surface area contributed by atoms with Gasteiger partial charge in [0.25, 0.3) is 0 Å². The molecule has 226 valence electrons. The van der Waals surface area contributed by atoms with Crippen LogP contribution < -0.4 is 10.6 Å². The van der Waals surface area contributed by atoms with Crippen LogP contribution in [-0.2, 0) is 36.9 Å². The van der Waals surface area contributed by atoms with Crippen LogP contribution in [0.2, 0.25) is 0 Å². The predicted octanol–water partition coefficient (Wildman–Crippen LogP) is 2.90. The lowest BCUT2D eigenvalue weighted by molar-refractivity contribution is -0.157. The maximum atomic E-state index is 14.1. The van der Waals surface area contributed by atoms with Gasteiger partial charge < -0.3 is 24.6 Å². The summed E-state index contributed by atoms with van der Waals surface area (Å²) in [4.78, 5) is 56.2. The van der Waals surface area contributed by atoms with Gasteiger partial charge in [0.15, 0.2) is 0 Å². The number of carbonyl (C=O) groups excluding carboxylic acids is 4. The van der Waals surface area contributed by atoms with Crippen LogP contribution in [-0.4, -0.2) is 84.6 Å². The fraction of sp³-hybridized carbons (Fsp3) is 0.500. The first-order valence-corrected chi connectivity index (χ1v) is 14.8. The van der Waals surface area contributed by atoms with E-state index < -0.39 is 30.1 Å². The van der Waals surface area contributed by atoms with Crippen molar-refractivity contribution in [3.05, 3.63) is 71.8 Å². The number of piperidine rings is 1. The molecule has 5 atom stereocenters. The first kappa shape index (κ1) is 31.0. The van der Waals surface area contributed by atoms with Gasteiger partial charge in [-0.15, -0.1) is 0 Å². The lowest BCUT2D eigenvalue weighted by Crippen LogP contribution is -2.59. The van der Waals surface area contributed by atoms with E-state index in [2.05, 4.69) is 10.6 Å². The summed E-state index contributed by atoms with van der Waals surface area (Å²) >= 11 is 0. The van der Waals surface area contributed by atoms with Crippen molar-refractivity contribution in [2.45, 2.75) is 70.3 Å². The lowest BCUT2D eigenvalue weighted by Gasteiger charge is -2.40. The van der Waals surface area contributed by atoms with Gasteiger partial charge in [-0.1, -0.05) is 60.7 Å². The molecule has 0 unspecified atom stereocenters. The monoisotopic (exact) mass is 578 g/mol. The average Bonchev–Trinajstić information content (AvgIpc) is 3.41. The Hall–Kier alpha value is -3.92. The Morgan fingerprint density at radius 2 is 1.64 bits per heavy atom. The molecule has 2 aliphatic heterocycles. The maximum Gasteiger partial charge on any atom is 0.329 e. The van der Waals surface area contributed by atoms with E-state index >= 15 is 0 Å².